The Bertz CT molecular complexity index is 491. The number of ether oxygens (including phenoxy) is 1. The summed E-state index contributed by atoms with van der Waals surface area (Å²) in [6.45, 7) is 0.848. The van der Waals surface area contributed by atoms with E-state index >= 15 is 0 Å². The molecule has 0 fully saturated rings. The summed E-state index contributed by atoms with van der Waals surface area (Å²) >= 11 is 0. The standard InChI is InChI=1S/C14H14O.C3H7NO3/c1-3-7-13(8-4-1)11-15-12-14-9-5-2-6-10-14;4-2(1-5)3(6)7/h1-10H,11-12H2;2,5H,1,4H2,(H,6,7). The number of hydrogen-bond acceptors (Lipinski definition) is 4. The van der Waals surface area contributed by atoms with Crippen molar-refractivity contribution in [2.24, 2.45) is 5.73 Å². The molecule has 0 amide bonds. The second-order valence-electron chi connectivity index (χ2n) is 4.59. The van der Waals surface area contributed by atoms with E-state index in [1.165, 1.54) is 11.1 Å². The first kappa shape index (κ1) is 17.8. The number of aliphatic hydroxyl groups is 1. The predicted molar refractivity (Wildman–Crippen MR) is 84.1 cm³/mol. The molecule has 2 rings (SSSR count). The molecule has 0 aliphatic heterocycles. The molecule has 0 saturated heterocycles. The van der Waals surface area contributed by atoms with Gasteiger partial charge < -0.3 is 20.7 Å². The first-order valence-corrected chi connectivity index (χ1v) is 6.88. The number of carbonyl (C=O) groups is 1. The molecule has 22 heavy (non-hydrogen) atoms. The molecule has 1 atom stereocenters. The maximum absolute atomic E-state index is 9.65. The van der Waals surface area contributed by atoms with E-state index in [2.05, 4.69) is 24.3 Å². The van der Waals surface area contributed by atoms with E-state index in [1.807, 2.05) is 36.4 Å². The highest BCUT2D eigenvalue weighted by Gasteiger charge is 2.07. The molecule has 5 nitrogen and oxygen atoms in total. The Morgan fingerprint density at radius 1 is 0.955 bits per heavy atom. The number of rotatable bonds is 6. The van der Waals surface area contributed by atoms with Crippen LogP contribution < -0.4 is 5.73 Å². The van der Waals surface area contributed by atoms with Gasteiger partial charge in [-0.25, -0.2) is 0 Å². The van der Waals surface area contributed by atoms with Gasteiger partial charge in [0.05, 0.1) is 19.8 Å². The van der Waals surface area contributed by atoms with Gasteiger partial charge in [0.25, 0.3) is 0 Å². The minimum atomic E-state index is -1.18. The Labute approximate surface area is 130 Å². The van der Waals surface area contributed by atoms with Gasteiger partial charge in [0.15, 0.2) is 0 Å². The molecule has 0 bridgehead atoms. The third-order valence-electron chi connectivity index (χ3n) is 2.74. The lowest BCUT2D eigenvalue weighted by molar-refractivity contribution is -0.139. The van der Waals surface area contributed by atoms with Crippen molar-refractivity contribution in [2.75, 3.05) is 6.61 Å². The topological polar surface area (TPSA) is 92.8 Å². The van der Waals surface area contributed by atoms with Gasteiger partial charge in [0, 0.05) is 0 Å². The number of benzene rings is 2. The van der Waals surface area contributed by atoms with Crippen LogP contribution >= 0.6 is 0 Å². The zero-order valence-corrected chi connectivity index (χ0v) is 12.3. The number of nitrogens with two attached hydrogens (primary N) is 1. The predicted octanol–water partition coefficient (Wildman–Crippen LogP) is 1.79. The minimum absolute atomic E-state index is 0.505. The number of carboxylic acids is 1. The lowest BCUT2D eigenvalue weighted by Gasteiger charge is -2.03. The van der Waals surface area contributed by atoms with E-state index in [0.717, 1.165) is 0 Å². The van der Waals surface area contributed by atoms with E-state index in [1.54, 1.807) is 0 Å². The minimum Gasteiger partial charge on any atom is -0.480 e. The molecule has 0 aromatic heterocycles. The van der Waals surface area contributed by atoms with Crippen LogP contribution in [0.3, 0.4) is 0 Å². The molecule has 2 aromatic carbocycles. The summed E-state index contributed by atoms with van der Waals surface area (Å²) in [5.74, 6) is -1.18. The van der Waals surface area contributed by atoms with Crippen LogP contribution in [0.15, 0.2) is 60.7 Å². The number of aliphatic carboxylic acids is 1. The van der Waals surface area contributed by atoms with Gasteiger partial charge in [-0.2, -0.15) is 0 Å². The fraction of sp³-hybridized carbons (Fsp3) is 0.235. The lowest BCUT2D eigenvalue weighted by atomic mass is 10.2. The van der Waals surface area contributed by atoms with Crippen LogP contribution in [-0.2, 0) is 22.7 Å². The molecule has 118 valence electrons. The van der Waals surface area contributed by atoms with E-state index in [0.29, 0.717) is 13.2 Å². The van der Waals surface area contributed by atoms with Gasteiger partial charge in [-0.15, -0.1) is 0 Å². The molecule has 0 saturated carbocycles. The highest BCUT2D eigenvalue weighted by Crippen LogP contribution is 2.05. The quantitative estimate of drug-likeness (QED) is 0.756. The summed E-state index contributed by atoms with van der Waals surface area (Å²) in [5.41, 5.74) is 7.20. The Kier molecular flexibility index (Phi) is 8.52. The van der Waals surface area contributed by atoms with Crippen LogP contribution in [0.2, 0.25) is 0 Å². The highest BCUT2D eigenvalue weighted by molar-refractivity contribution is 5.73. The van der Waals surface area contributed by atoms with Crippen LogP contribution in [0.25, 0.3) is 0 Å². The average molecular weight is 303 g/mol. The van der Waals surface area contributed by atoms with E-state index in [4.69, 9.17) is 20.7 Å². The zero-order chi connectivity index (χ0) is 16.2. The summed E-state index contributed by atoms with van der Waals surface area (Å²) in [6.07, 6.45) is 0. The van der Waals surface area contributed by atoms with Crippen molar-refractivity contribution in [1.29, 1.82) is 0 Å². The molecule has 0 aliphatic rings. The van der Waals surface area contributed by atoms with E-state index in [-0.39, 0.29) is 0 Å². The number of aliphatic hydroxyl groups excluding tert-OH is 1. The normalized spacial score (nSPS) is 11.2. The van der Waals surface area contributed by atoms with E-state index in [9.17, 15) is 4.79 Å². The summed E-state index contributed by atoms with van der Waals surface area (Å²) in [5, 5.41) is 15.9. The summed E-state index contributed by atoms with van der Waals surface area (Å²) in [6, 6.07) is 19.3. The zero-order valence-electron chi connectivity index (χ0n) is 12.3. The molecule has 2 aromatic rings. The summed E-state index contributed by atoms with van der Waals surface area (Å²) < 4.78 is 5.61. The smallest absolute Gasteiger partial charge is 0.322 e. The van der Waals surface area contributed by atoms with Gasteiger partial charge in [-0.3, -0.25) is 4.79 Å². The van der Waals surface area contributed by atoms with Crippen molar-refractivity contribution in [3.8, 4) is 0 Å². The van der Waals surface area contributed by atoms with Crippen molar-refractivity contribution in [2.45, 2.75) is 19.3 Å². The molecule has 0 heterocycles. The van der Waals surface area contributed by atoms with Gasteiger partial charge in [0.2, 0.25) is 0 Å². The molecule has 4 N–H and O–H groups in total. The van der Waals surface area contributed by atoms with Gasteiger partial charge in [0.1, 0.15) is 6.04 Å². The second kappa shape index (κ2) is 10.5. The van der Waals surface area contributed by atoms with Gasteiger partial charge in [-0.05, 0) is 11.1 Å². The number of hydrogen-bond donors (Lipinski definition) is 3. The maximum atomic E-state index is 9.65. The SMILES string of the molecule is NC(CO)C(=O)O.c1ccc(COCc2ccccc2)cc1. The summed E-state index contributed by atoms with van der Waals surface area (Å²) in [7, 11) is 0. The molecule has 0 radical (unpaired) electrons. The fourth-order valence-electron chi connectivity index (χ4n) is 1.51. The van der Waals surface area contributed by atoms with Crippen LogP contribution in [0.1, 0.15) is 11.1 Å². The Balaban J connectivity index is 0.000000295. The van der Waals surface area contributed by atoms with Crippen LogP contribution in [-0.4, -0.2) is 28.8 Å². The Hall–Kier alpha value is -2.21. The van der Waals surface area contributed by atoms with Crippen molar-refractivity contribution in [3.05, 3.63) is 71.8 Å². The van der Waals surface area contributed by atoms with Crippen molar-refractivity contribution < 1.29 is 19.7 Å². The molecule has 1 unspecified atom stereocenters. The van der Waals surface area contributed by atoms with Crippen LogP contribution in [0.4, 0.5) is 0 Å². The number of carboxylic acid groups (broad SMARTS) is 1. The third-order valence-corrected chi connectivity index (χ3v) is 2.74. The van der Waals surface area contributed by atoms with Crippen molar-refractivity contribution >= 4 is 5.97 Å². The third kappa shape index (κ3) is 7.54. The molecule has 0 aliphatic carbocycles. The molecule has 0 spiro atoms. The van der Waals surface area contributed by atoms with Gasteiger partial charge >= 0.3 is 5.97 Å². The average Bonchev–Trinajstić information content (AvgIpc) is 2.56. The maximum Gasteiger partial charge on any atom is 0.322 e. The second-order valence-corrected chi connectivity index (χ2v) is 4.59. The fourth-order valence-corrected chi connectivity index (χ4v) is 1.51. The summed E-state index contributed by atoms with van der Waals surface area (Å²) in [4.78, 5) is 9.65. The molecular formula is C17H21NO4. The first-order valence-electron chi connectivity index (χ1n) is 6.88. The highest BCUT2D eigenvalue weighted by atomic mass is 16.5. The lowest BCUT2D eigenvalue weighted by Crippen LogP contribution is -2.33. The monoisotopic (exact) mass is 303 g/mol. The Morgan fingerprint density at radius 3 is 1.64 bits per heavy atom. The Morgan fingerprint density at radius 2 is 1.36 bits per heavy atom. The molecular weight excluding hydrogens is 282 g/mol. The van der Waals surface area contributed by atoms with Gasteiger partial charge in [-0.1, -0.05) is 60.7 Å². The van der Waals surface area contributed by atoms with E-state index < -0.39 is 18.6 Å². The van der Waals surface area contributed by atoms with Crippen molar-refractivity contribution in [1.82, 2.24) is 0 Å². The van der Waals surface area contributed by atoms with Crippen LogP contribution in [0, 0.1) is 0 Å². The van der Waals surface area contributed by atoms with Crippen LogP contribution in [0.5, 0.6) is 0 Å². The largest absolute Gasteiger partial charge is 0.480 e. The van der Waals surface area contributed by atoms with Crippen molar-refractivity contribution in [3.63, 3.8) is 0 Å². The molecule has 5 heteroatoms. The first-order chi connectivity index (χ1) is 10.6.